The third kappa shape index (κ3) is 4.67. The van der Waals surface area contributed by atoms with Crippen LogP contribution in [0.3, 0.4) is 0 Å². The summed E-state index contributed by atoms with van der Waals surface area (Å²) in [5.74, 6) is 0. The van der Waals surface area contributed by atoms with Crippen molar-refractivity contribution in [2.45, 2.75) is 18.9 Å². The van der Waals surface area contributed by atoms with Crippen molar-refractivity contribution in [3.8, 4) is 0 Å². The van der Waals surface area contributed by atoms with Gasteiger partial charge in [-0.05, 0) is 47.9 Å². The molecule has 0 radical (unpaired) electrons. The fourth-order valence-electron chi connectivity index (χ4n) is 3.02. The Labute approximate surface area is 151 Å². The summed E-state index contributed by atoms with van der Waals surface area (Å²) in [6, 6.07) is 12.4. The minimum atomic E-state index is 0.475. The smallest absolute Gasteiger partial charge is 0.171 e. The van der Waals surface area contributed by atoms with E-state index in [1.807, 2.05) is 35.6 Å². The Morgan fingerprint density at radius 3 is 2.61 bits per heavy atom. The average Bonchev–Trinajstić information content (AvgIpc) is 3.24. The number of benzene rings is 1. The van der Waals surface area contributed by atoms with Gasteiger partial charge in [0, 0.05) is 23.6 Å². The van der Waals surface area contributed by atoms with Gasteiger partial charge in [-0.3, -0.25) is 0 Å². The molecule has 3 nitrogen and oxygen atoms in total. The zero-order valence-corrected chi connectivity index (χ0v) is 15.2. The second-order valence-corrected chi connectivity index (χ2v) is 7.60. The molecule has 23 heavy (non-hydrogen) atoms. The second kappa shape index (κ2) is 8.11. The number of nitrogens with one attached hydrogen (secondary N) is 3. The first kappa shape index (κ1) is 16.7. The highest BCUT2D eigenvalue weighted by Crippen LogP contribution is 2.17. The Hall–Kier alpha value is -1.14. The fourth-order valence-corrected chi connectivity index (χ4v) is 4.23. The van der Waals surface area contributed by atoms with Crippen molar-refractivity contribution in [1.29, 1.82) is 0 Å². The van der Waals surface area contributed by atoms with Gasteiger partial charge in [0.2, 0.25) is 0 Å². The molecular formula is C17H21ClN3S2+. The average molecular weight is 367 g/mol. The summed E-state index contributed by atoms with van der Waals surface area (Å²) >= 11 is 13.2. The van der Waals surface area contributed by atoms with Crippen LogP contribution in [-0.4, -0.2) is 24.7 Å². The Kier molecular flexibility index (Phi) is 5.89. The zero-order chi connectivity index (χ0) is 16.1. The van der Waals surface area contributed by atoms with Crippen LogP contribution in [0.25, 0.3) is 0 Å². The molecule has 2 aromatic rings. The van der Waals surface area contributed by atoms with E-state index in [4.69, 9.17) is 23.8 Å². The van der Waals surface area contributed by atoms with Crippen LogP contribution in [-0.2, 0) is 0 Å². The highest BCUT2D eigenvalue weighted by Gasteiger charge is 2.28. The van der Waals surface area contributed by atoms with Gasteiger partial charge < -0.3 is 15.5 Å². The van der Waals surface area contributed by atoms with Crippen LogP contribution in [0.4, 0.5) is 5.69 Å². The van der Waals surface area contributed by atoms with Gasteiger partial charge in [-0.15, -0.1) is 11.3 Å². The molecule has 0 saturated carbocycles. The van der Waals surface area contributed by atoms with Gasteiger partial charge in [0.05, 0.1) is 24.5 Å². The van der Waals surface area contributed by atoms with Crippen molar-refractivity contribution in [3.05, 3.63) is 51.7 Å². The number of quaternary nitrogens is 1. The van der Waals surface area contributed by atoms with E-state index in [-0.39, 0.29) is 0 Å². The van der Waals surface area contributed by atoms with Gasteiger partial charge >= 0.3 is 0 Å². The number of hydrogen-bond acceptors (Lipinski definition) is 2. The number of likely N-dealkylation sites (tertiary alicyclic amines) is 1. The van der Waals surface area contributed by atoms with E-state index in [2.05, 4.69) is 28.1 Å². The van der Waals surface area contributed by atoms with E-state index in [9.17, 15) is 0 Å². The van der Waals surface area contributed by atoms with E-state index < -0.39 is 0 Å². The van der Waals surface area contributed by atoms with Crippen LogP contribution in [0.2, 0.25) is 5.02 Å². The molecule has 0 unspecified atom stereocenters. The minimum Gasteiger partial charge on any atom is -0.356 e. The molecule has 1 aliphatic rings. The molecule has 0 aliphatic carbocycles. The Morgan fingerprint density at radius 2 is 1.96 bits per heavy atom. The largest absolute Gasteiger partial charge is 0.356 e. The summed E-state index contributed by atoms with van der Waals surface area (Å²) in [4.78, 5) is 3.10. The number of thiophene rings is 1. The molecule has 1 aromatic carbocycles. The van der Waals surface area contributed by atoms with Gasteiger partial charge in [-0.25, -0.2) is 0 Å². The molecule has 0 spiro atoms. The van der Waals surface area contributed by atoms with Crippen LogP contribution in [0.15, 0.2) is 41.8 Å². The molecule has 1 atom stereocenters. The van der Waals surface area contributed by atoms with Crippen LogP contribution in [0.5, 0.6) is 0 Å². The first-order chi connectivity index (χ1) is 11.2. The maximum absolute atomic E-state index is 5.90. The number of rotatable bonds is 5. The van der Waals surface area contributed by atoms with Gasteiger partial charge in [-0.1, -0.05) is 17.7 Å². The highest BCUT2D eigenvalue weighted by molar-refractivity contribution is 7.80. The van der Waals surface area contributed by atoms with E-state index in [1.54, 1.807) is 4.90 Å². The lowest BCUT2D eigenvalue weighted by Gasteiger charge is -2.24. The van der Waals surface area contributed by atoms with Gasteiger partial charge in [0.25, 0.3) is 0 Å². The maximum atomic E-state index is 5.90. The summed E-state index contributed by atoms with van der Waals surface area (Å²) in [5.41, 5.74) is 0.952. The maximum Gasteiger partial charge on any atom is 0.171 e. The van der Waals surface area contributed by atoms with E-state index in [1.165, 1.54) is 30.8 Å². The Morgan fingerprint density at radius 1 is 1.22 bits per heavy atom. The summed E-state index contributed by atoms with van der Waals surface area (Å²) < 4.78 is 0. The lowest BCUT2D eigenvalue weighted by Crippen LogP contribution is -3.11. The van der Waals surface area contributed by atoms with Crippen LogP contribution in [0.1, 0.15) is 23.8 Å². The fraction of sp³-hybridized carbons (Fsp3) is 0.353. The lowest BCUT2D eigenvalue weighted by molar-refractivity contribution is -0.918. The molecule has 3 N–H and O–H groups in total. The summed E-state index contributed by atoms with van der Waals surface area (Å²) in [5, 5.41) is 10.1. The van der Waals surface area contributed by atoms with E-state index in [0.29, 0.717) is 11.2 Å². The Balaban J connectivity index is 1.57. The van der Waals surface area contributed by atoms with Gasteiger partial charge in [0.15, 0.2) is 5.11 Å². The van der Waals surface area contributed by atoms with Crippen LogP contribution >= 0.6 is 35.2 Å². The van der Waals surface area contributed by atoms with Crippen molar-refractivity contribution < 1.29 is 4.90 Å². The predicted molar refractivity (Wildman–Crippen MR) is 103 cm³/mol. The molecule has 6 heteroatoms. The quantitative estimate of drug-likeness (QED) is 0.710. The molecule has 1 aromatic heterocycles. The topological polar surface area (TPSA) is 28.5 Å². The second-order valence-electron chi connectivity index (χ2n) is 5.78. The third-order valence-electron chi connectivity index (χ3n) is 4.19. The monoisotopic (exact) mass is 366 g/mol. The molecule has 0 amide bonds. The molecule has 1 aliphatic heterocycles. The van der Waals surface area contributed by atoms with Crippen molar-refractivity contribution in [2.24, 2.45) is 0 Å². The number of thiocarbonyl (C=S) groups is 1. The molecular weight excluding hydrogens is 346 g/mol. The molecule has 1 saturated heterocycles. The normalized spacial score (nSPS) is 16.2. The minimum absolute atomic E-state index is 0.475. The zero-order valence-electron chi connectivity index (χ0n) is 12.8. The molecule has 1 fully saturated rings. The number of halogens is 1. The summed E-state index contributed by atoms with van der Waals surface area (Å²) in [7, 11) is 0. The van der Waals surface area contributed by atoms with E-state index >= 15 is 0 Å². The van der Waals surface area contributed by atoms with E-state index in [0.717, 1.165) is 17.3 Å². The number of anilines is 1. The van der Waals surface area contributed by atoms with Crippen LogP contribution < -0.4 is 15.5 Å². The molecule has 2 heterocycles. The van der Waals surface area contributed by atoms with Crippen molar-refractivity contribution >= 4 is 46.0 Å². The van der Waals surface area contributed by atoms with Gasteiger partial charge in [0.1, 0.15) is 6.04 Å². The standard InChI is InChI=1S/C17H20ClN3S2/c18-13-5-7-14(8-6-13)20-17(22)19-12-15(16-4-3-11-23-16)21-9-1-2-10-21/h3-8,11,15H,1-2,9-10,12H2,(H2,19,20,22)/p+1/t15-/m0/s1. The first-order valence-electron chi connectivity index (χ1n) is 7.91. The summed E-state index contributed by atoms with van der Waals surface area (Å²) in [6.45, 7) is 3.36. The highest BCUT2D eigenvalue weighted by atomic mass is 35.5. The van der Waals surface area contributed by atoms with Crippen molar-refractivity contribution in [1.82, 2.24) is 5.32 Å². The molecule has 0 bridgehead atoms. The predicted octanol–water partition coefficient (Wildman–Crippen LogP) is 3.11. The van der Waals surface area contributed by atoms with Crippen molar-refractivity contribution in [3.63, 3.8) is 0 Å². The number of hydrogen-bond donors (Lipinski definition) is 3. The first-order valence-corrected chi connectivity index (χ1v) is 9.57. The molecule has 3 rings (SSSR count). The van der Waals surface area contributed by atoms with Crippen LogP contribution in [0, 0.1) is 0 Å². The SMILES string of the molecule is S=C(NC[C@@H](c1cccs1)[NH+]1CCCC1)Nc1ccc(Cl)cc1. The summed E-state index contributed by atoms with van der Waals surface area (Å²) in [6.07, 6.45) is 2.65. The van der Waals surface area contributed by atoms with Crippen molar-refractivity contribution in [2.75, 3.05) is 25.0 Å². The molecule has 122 valence electrons. The van der Waals surface area contributed by atoms with Gasteiger partial charge in [-0.2, -0.15) is 0 Å². The third-order valence-corrected chi connectivity index (χ3v) is 5.68. The Bertz CT molecular complexity index is 622. The lowest BCUT2D eigenvalue weighted by atomic mass is 10.2.